The number of benzene rings is 1. The summed E-state index contributed by atoms with van der Waals surface area (Å²) in [6.45, 7) is 2.03. The fourth-order valence-corrected chi connectivity index (χ4v) is 2.33. The highest BCUT2D eigenvalue weighted by atomic mass is 19.1. The molecule has 0 heterocycles. The largest absolute Gasteiger partial charge is 0.505 e. The molecule has 0 aromatic heterocycles. The van der Waals surface area contributed by atoms with Crippen molar-refractivity contribution >= 4 is 0 Å². The van der Waals surface area contributed by atoms with Gasteiger partial charge in [-0.25, -0.2) is 4.39 Å². The number of halogens is 1. The lowest BCUT2D eigenvalue weighted by Gasteiger charge is -2.19. The van der Waals surface area contributed by atoms with Crippen molar-refractivity contribution in [3.63, 3.8) is 0 Å². The minimum absolute atomic E-state index is 0.137. The lowest BCUT2D eigenvalue weighted by molar-refractivity contribution is 0.427. The summed E-state index contributed by atoms with van der Waals surface area (Å²) < 4.78 is 13.2. The van der Waals surface area contributed by atoms with Gasteiger partial charge in [-0.15, -0.1) is 0 Å². The lowest BCUT2D eigenvalue weighted by atomic mass is 10.1. The zero-order valence-electron chi connectivity index (χ0n) is 9.54. The molecule has 0 amide bonds. The predicted molar refractivity (Wildman–Crippen MR) is 61.9 cm³/mol. The average molecular weight is 223 g/mol. The van der Waals surface area contributed by atoms with Gasteiger partial charge in [0, 0.05) is 12.1 Å². The second kappa shape index (κ2) is 4.83. The van der Waals surface area contributed by atoms with Crippen LogP contribution in [0.15, 0.2) is 18.2 Å². The van der Waals surface area contributed by atoms with E-state index in [1.807, 2.05) is 6.92 Å². The van der Waals surface area contributed by atoms with Gasteiger partial charge in [0.15, 0.2) is 11.6 Å². The van der Waals surface area contributed by atoms with E-state index in [-0.39, 0.29) is 11.8 Å². The van der Waals surface area contributed by atoms with Crippen molar-refractivity contribution in [2.24, 2.45) is 0 Å². The van der Waals surface area contributed by atoms with Crippen LogP contribution in [0.1, 0.15) is 44.2 Å². The molecule has 2 nitrogen and oxygen atoms in total. The first kappa shape index (κ1) is 11.4. The van der Waals surface area contributed by atoms with Crippen molar-refractivity contribution in [2.45, 2.75) is 44.7 Å². The molecule has 1 aromatic carbocycles. The molecule has 1 aromatic rings. The molecular weight excluding hydrogens is 205 g/mol. The molecule has 88 valence electrons. The third kappa shape index (κ3) is 2.53. The van der Waals surface area contributed by atoms with E-state index in [9.17, 15) is 4.39 Å². The summed E-state index contributed by atoms with van der Waals surface area (Å²) in [7, 11) is 0. The maximum Gasteiger partial charge on any atom is 0.165 e. The highest BCUT2D eigenvalue weighted by molar-refractivity contribution is 5.29. The summed E-state index contributed by atoms with van der Waals surface area (Å²) in [5.41, 5.74) is 0.891. The van der Waals surface area contributed by atoms with Gasteiger partial charge in [-0.2, -0.15) is 0 Å². The highest BCUT2D eigenvalue weighted by Crippen LogP contribution is 2.24. The van der Waals surface area contributed by atoms with Crippen LogP contribution >= 0.6 is 0 Å². The van der Waals surface area contributed by atoms with Gasteiger partial charge in [-0.05, 0) is 37.5 Å². The summed E-state index contributed by atoms with van der Waals surface area (Å²) in [6.07, 6.45) is 5.00. The number of phenols is 1. The van der Waals surface area contributed by atoms with Crippen LogP contribution in [0.25, 0.3) is 0 Å². The molecule has 0 spiro atoms. The van der Waals surface area contributed by atoms with Crippen molar-refractivity contribution in [2.75, 3.05) is 0 Å². The van der Waals surface area contributed by atoms with E-state index in [2.05, 4.69) is 5.32 Å². The predicted octanol–water partition coefficient (Wildman–Crippen LogP) is 3.12. The Labute approximate surface area is 95.5 Å². The minimum atomic E-state index is -0.544. The molecule has 1 aliphatic rings. The third-order valence-electron chi connectivity index (χ3n) is 3.31. The van der Waals surface area contributed by atoms with Crippen LogP contribution < -0.4 is 5.32 Å². The van der Waals surface area contributed by atoms with Crippen LogP contribution in [0, 0.1) is 5.82 Å². The van der Waals surface area contributed by atoms with Crippen LogP contribution in [0.5, 0.6) is 5.75 Å². The minimum Gasteiger partial charge on any atom is -0.505 e. The monoisotopic (exact) mass is 223 g/mol. The SMILES string of the molecule is C[C@H](NC1CCCC1)c1ccc(O)c(F)c1. The number of rotatable bonds is 3. The molecule has 16 heavy (non-hydrogen) atoms. The maximum atomic E-state index is 13.2. The van der Waals surface area contributed by atoms with Crippen LogP contribution in [0.2, 0.25) is 0 Å². The molecule has 2 rings (SSSR count). The standard InChI is InChI=1S/C13H18FNO/c1-9(15-11-4-2-3-5-11)10-6-7-13(16)12(14)8-10/h6-9,11,15-16H,2-5H2,1H3/t9-/m0/s1. The van der Waals surface area contributed by atoms with E-state index >= 15 is 0 Å². The summed E-state index contributed by atoms with van der Waals surface area (Å²) in [5.74, 6) is -0.825. The Morgan fingerprint density at radius 2 is 2.06 bits per heavy atom. The molecule has 0 aliphatic heterocycles. The molecule has 0 radical (unpaired) electrons. The van der Waals surface area contributed by atoms with Crippen molar-refractivity contribution in [1.82, 2.24) is 5.32 Å². The average Bonchev–Trinajstić information content (AvgIpc) is 2.74. The first-order valence-electron chi connectivity index (χ1n) is 5.91. The van der Waals surface area contributed by atoms with E-state index in [1.54, 1.807) is 6.07 Å². The van der Waals surface area contributed by atoms with Gasteiger partial charge in [0.2, 0.25) is 0 Å². The molecule has 1 atom stereocenters. The molecule has 0 bridgehead atoms. The Morgan fingerprint density at radius 1 is 1.38 bits per heavy atom. The summed E-state index contributed by atoms with van der Waals surface area (Å²) in [6, 6.07) is 5.29. The fraction of sp³-hybridized carbons (Fsp3) is 0.538. The number of phenolic OH excluding ortho intramolecular Hbond substituents is 1. The second-order valence-corrected chi connectivity index (χ2v) is 4.58. The van der Waals surface area contributed by atoms with E-state index in [1.165, 1.54) is 37.8 Å². The number of nitrogens with one attached hydrogen (secondary N) is 1. The van der Waals surface area contributed by atoms with Crippen molar-refractivity contribution in [3.05, 3.63) is 29.6 Å². The van der Waals surface area contributed by atoms with Crippen LogP contribution in [-0.4, -0.2) is 11.1 Å². The van der Waals surface area contributed by atoms with Crippen molar-refractivity contribution in [1.29, 1.82) is 0 Å². The van der Waals surface area contributed by atoms with E-state index in [0.717, 1.165) is 5.56 Å². The first-order valence-corrected chi connectivity index (χ1v) is 5.91. The zero-order chi connectivity index (χ0) is 11.5. The van der Waals surface area contributed by atoms with Gasteiger partial charge in [0.25, 0.3) is 0 Å². The fourth-order valence-electron chi connectivity index (χ4n) is 2.33. The van der Waals surface area contributed by atoms with E-state index in [0.29, 0.717) is 6.04 Å². The van der Waals surface area contributed by atoms with Crippen molar-refractivity contribution in [3.8, 4) is 5.75 Å². The number of hydrogen-bond acceptors (Lipinski definition) is 2. The molecule has 3 heteroatoms. The Balaban J connectivity index is 2.02. The van der Waals surface area contributed by atoms with Gasteiger partial charge in [-0.3, -0.25) is 0 Å². The summed E-state index contributed by atoms with van der Waals surface area (Å²) in [5, 5.41) is 12.6. The number of aromatic hydroxyl groups is 1. The van der Waals surface area contributed by atoms with E-state index in [4.69, 9.17) is 5.11 Å². The molecule has 1 fully saturated rings. The molecule has 1 saturated carbocycles. The van der Waals surface area contributed by atoms with Gasteiger partial charge >= 0.3 is 0 Å². The molecule has 1 aliphatic carbocycles. The van der Waals surface area contributed by atoms with Crippen LogP contribution in [0.3, 0.4) is 0 Å². The quantitative estimate of drug-likeness (QED) is 0.825. The zero-order valence-corrected chi connectivity index (χ0v) is 9.54. The maximum absolute atomic E-state index is 13.2. The molecule has 0 saturated heterocycles. The van der Waals surface area contributed by atoms with Crippen LogP contribution in [-0.2, 0) is 0 Å². The van der Waals surface area contributed by atoms with Gasteiger partial charge in [0.1, 0.15) is 0 Å². The highest BCUT2D eigenvalue weighted by Gasteiger charge is 2.18. The van der Waals surface area contributed by atoms with E-state index < -0.39 is 5.82 Å². The Morgan fingerprint density at radius 3 is 2.69 bits per heavy atom. The smallest absolute Gasteiger partial charge is 0.165 e. The first-order chi connectivity index (χ1) is 7.66. The Kier molecular flexibility index (Phi) is 3.44. The van der Waals surface area contributed by atoms with Crippen molar-refractivity contribution < 1.29 is 9.50 Å². The second-order valence-electron chi connectivity index (χ2n) is 4.58. The Bertz CT molecular complexity index is 361. The number of hydrogen-bond donors (Lipinski definition) is 2. The van der Waals surface area contributed by atoms with Gasteiger partial charge in [-0.1, -0.05) is 18.9 Å². The summed E-state index contributed by atoms with van der Waals surface area (Å²) in [4.78, 5) is 0. The third-order valence-corrected chi connectivity index (χ3v) is 3.31. The Hall–Kier alpha value is -1.09. The van der Waals surface area contributed by atoms with Gasteiger partial charge < -0.3 is 10.4 Å². The molecular formula is C13H18FNO. The van der Waals surface area contributed by atoms with Gasteiger partial charge in [0.05, 0.1) is 0 Å². The topological polar surface area (TPSA) is 32.3 Å². The normalized spacial score (nSPS) is 18.9. The van der Waals surface area contributed by atoms with Crippen LogP contribution in [0.4, 0.5) is 4.39 Å². The molecule has 2 N–H and O–H groups in total. The summed E-state index contributed by atoms with van der Waals surface area (Å²) >= 11 is 0. The molecule has 0 unspecified atom stereocenters. The lowest BCUT2D eigenvalue weighted by Crippen LogP contribution is -2.28.